The first-order valence-corrected chi connectivity index (χ1v) is 14.2. The number of benzene rings is 1. The third kappa shape index (κ3) is 5.72. The van der Waals surface area contributed by atoms with Gasteiger partial charge in [0.25, 0.3) is 5.56 Å². The van der Waals surface area contributed by atoms with E-state index in [1.54, 1.807) is 4.90 Å². The van der Waals surface area contributed by atoms with Gasteiger partial charge in [-0.2, -0.15) is 4.98 Å². The SMILES string of the molecule is CCc1c(C)c2cnc(Nc3ccc(N4CCN(C(=O)OC(C)(C)C)CC4)cc3)nc2n(C2CCCC2)c1=O. The predicted molar refractivity (Wildman–Crippen MR) is 155 cm³/mol. The molecule has 9 heteroatoms. The third-order valence-corrected chi connectivity index (χ3v) is 7.79. The number of nitrogens with zero attached hydrogens (tertiary/aromatic N) is 5. The van der Waals surface area contributed by atoms with Gasteiger partial charge in [-0.15, -0.1) is 0 Å². The molecule has 1 aliphatic heterocycles. The van der Waals surface area contributed by atoms with Crippen molar-refractivity contribution in [3.63, 3.8) is 0 Å². The van der Waals surface area contributed by atoms with Gasteiger partial charge in [0.2, 0.25) is 5.95 Å². The van der Waals surface area contributed by atoms with Gasteiger partial charge in [0, 0.05) is 60.7 Å². The standard InChI is InChI=1S/C30H40N6O3/c1-6-24-20(2)25-19-31-28(33-26(25)36(27(24)37)23-9-7-8-10-23)32-21-11-13-22(14-12-21)34-15-17-35(18-16-34)29(38)39-30(3,4)5/h11-14,19,23H,6-10,15-18H2,1-5H3,(H,31,32,33). The second-order valence-corrected chi connectivity index (χ2v) is 11.6. The van der Waals surface area contributed by atoms with Gasteiger partial charge in [0.1, 0.15) is 11.2 Å². The van der Waals surface area contributed by atoms with Crippen LogP contribution in [0.15, 0.2) is 35.3 Å². The van der Waals surface area contributed by atoms with Crippen LogP contribution in [0.5, 0.6) is 0 Å². The minimum Gasteiger partial charge on any atom is -0.444 e. The molecule has 0 atom stereocenters. The minimum absolute atomic E-state index is 0.0927. The fraction of sp³-hybridized carbons (Fsp3) is 0.533. The zero-order valence-electron chi connectivity index (χ0n) is 23.8. The maximum atomic E-state index is 13.4. The Hall–Kier alpha value is -3.62. The number of piperazine rings is 1. The molecular formula is C30H40N6O3. The van der Waals surface area contributed by atoms with Gasteiger partial charge in [0.15, 0.2) is 0 Å². The van der Waals surface area contributed by atoms with Crippen LogP contribution in [-0.2, 0) is 11.2 Å². The fourth-order valence-electron chi connectivity index (χ4n) is 5.72. The first kappa shape index (κ1) is 27.0. The van der Waals surface area contributed by atoms with E-state index in [1.165, 1.54) is 0 Å². The normalized spacial score (nSPS) is 16.6. The summed E-state index contributed by atoms with van der Waals surface area (Å²) in [6, 6.07) is 8.36. The second kappa shape index (κ2) is 10.9. The van der Waals surface area contributed by atoms with E-state index in [4.69, 9.17) is 9.72 Å². The highest BCUT2D eigenvalue weighted by Gasteiger charge is 2.26. The molecule has 1 aromatic carbocycles. The zero-order chi connectivity index (χ0) is 27.7. The summed E-state index contributed by atoms with van der Waals surface area (Å²) in [5, 5.41) is 4.28. The molecule has 39 heavy (non-hydrogen) atoms. The van der Waals surface area contributed by atoms with Crippen LogP contribution in [0, 0.1) is 6.92 Å². The second-order valence-electron chi connectivity index (χ2n) is 11.6. The van der Waals surface area contributed by atoms with Crippen LogP contribution in [-0.4, -0.2) is 57.3 Å². The summed E-state index contributed by atoms with van der Waals surface area (Å²) in [5.74, 6) is 0.482. The van der Waals surface area contributed by atoms with Crippen LogP contribution in [0.4, 0.5) is 22.1 Å². The molecule has 1 N–H and O–H groups in total. The van der Waals surface area contributed by atoms with E-state index >= 15 is 0 Å². The van der Waals surface area contributed by atoms with Crippen molar-refractivity contribution in [2.75, 3.05) is 36.4 Å². The first-order chi connectivity index (χ1) is 18.6. The molecule has 0 spiro atoms. The Kier molecular flexibility index (Phi) is 7.51. The number of rotatable bonds is 5. The average molecular weight is 533 g/mol. The monoisotopic (exact) mass is 532 g/mol. The Morgan fingerprint density at radius 3 is 2.36 bits per heavy atom. The number of carbonyl (C=O) groups excluding carboxylic acids is 1. The number of pyridine rings is 1. The Balaban J connectivity index is 1.31. The van der Waals surface area contributed by atoms with E-state index in [9.17, 15) is 9.59 Å². The molecule has 1 saturated heterocycles. The van der Waals surface area contributed by atoms with Crippen molar-refractivity contribution in [2.45, 2.75) is 78.4 Å². The van der Waals surface area contributed by atoms with Gasteiger partial charge >= 0.3 is 6.09 Å². The zero-order valence-corrected chi connectivity index (χ0v) is 23.8. The lowest BCUT2D eigenvalue weighted by Crippen LogP contribution is -2.50. The predicted octanol–water partition coefficient (Wildman–Crippen LogP) is 5.58. The maximum Gasteiger partial charge on any atom is 0.410 e. The number of aromatic nitrogens is 3. The van der Waals surface area contributed by atoms with E-state index in [-0.39, 0.29) is 17.7 Å². The summed E-state index contributed by atoms with van der Waals surface area (Å²) < 4.78 is 7.44. The van der Waals surface area contributed by atoms with Crippen LogP contribution >= 0.6 is 0 Å². The summed E-state index contributed by atoms with van der Waals surface area (Å²) in [4.78, 5) is 39.3. The molecule has 2 fully saturated rings. The summed E-state index contributed by atoms with van der Waals surface area (Å²) in [5.41, 5.74) is 4.14. The van der Waals surface area contributed by atoms with Crippen LogP contribution < -0.4 is 15.8 Å². The summed E-state index contributed by atoms with van der Waals surface area (Å²) >= 11 is 0. The lowest BCUT2D eigenvalue weighted by molar-refractivity contribution is 0.0240. The smallest absolute Gasteiger partial charge is 0.410 e. The first-order valence-electron chi connectivity index (χ1n) is 14.2. The maximum absolute atomic E-state index is 13.4. The number of fused-ring (bicyclic) bond motifs is 1. The highest BCUT2D eigenvalue weighted by Crippen LogP contribution is 2.32. The van der Waals surface area contributed by atoms with Gasteiger partial charge in [-0.3, -0.25) is 9.36 Å². The van der Waals surface area contributed by atoms with Crippen molar-refractivity contribution in [1.29, 1.82) is 0 Å². The molecule has 0 radical (unpaired) electrons. The quantitative estimate of drug-likeness (QED) is 0.459. The van der Waals surface area contributed by atoms with Crippen molar-refractivity contribution in [1.82, 2.24) is 19.4 Å². The lowest BCUT2D eigenvalue weighted by Gasteiger charge is -2.36. The molecule has 9 nitrogen and oxygen atoms in total. The molecule has 0 unspecified atom stereocenters. The van der Waals surface area contributed by atoms with Gasteiger partial charge in [0.05, 0.1) is 0 Å². The van der Waals surface area contributed by atoms with Gasteiger partial charge < -0.3 is 19.9 Å². The highest BCUT2D eigenvalue weighted by atomic mass is 16.6. The number of carbonyl (C=O) groups is 1. The Morgan fingerprint density at radius 2 is 1.74 bits per heavy atom. The van der Waals surface area contributed by atoms with Gasteiger partial charge in [-0.25, -0.2) is 9.78 Å². The summed E-state index contributed by atoms with van der Waals surface area (Å²) in [7, 11) is 0. The number of hydrogen-bond donors (Lipinski definition) is 1. The topological polar surface area (TPSA) is 92.6 Å². The Labute approximate surface area is 230 Å². The number of amides is 1. The van der Waals surface area contributed by atoms with E-state index < -0.39 is 5.60 Å². The molecule has 208 valence electrons. The Bertz CT molecular complexity index is 1400. The van der Waals surface area contributed by atoms with Crippen molar-refractivity contribution in [3.8, 4) is 0 Å². The van der Waals surface area contributed by atoms with Crippen molar-refractivity contribution < 1.29 is 9.53 Å². The molecule has 3 aromatic rings. The number of ether oxygens (including phenoxy) is 1. The fourth-order valence-corrected chi connectivity index (χ4v) is 5.72. The molecule has 1 aliphatic carbocycles. The number of anilines is 3. The third-order valence-electron chi connectivity index (χ3n) is 7.79. The molecule has 3 heterocycles. The van der Waals surface area contributed by atoms with Crippen molar-refractivity contribution >= 4 is 34.4 Å². The molecule has 1 saturated carbocycles. The molecular weight excluding hydrogens is 492 g/mol. The van der Waals surface area contributed by atoms with Crippen LogP contribution in [0.3, 0.4) is 0 Å². The van der Waals surface area contributed by atoms with Gasteiger partial charge in [-0.1, -0.05) is 19.8 Å². The van der Waals surface area contributed by atoms with Crippen LogP contribution in [0.1, 0.15) is 70.5 Å². The number of hydrogen-bond acceptors (Lipinski definition) is 7. The van der Waals surface area contributed by atoms with E-state index in [0.29, 0.717) is 25.5 Å². The highest BCUT2D eigenvalue weighted by molar-refractivity contribution is 5.81. The van der Waals surface area contributed by atoms with E-state index in [1.807, 2.05) is 57.5 Å². The Morgan fingerprint density at radius 1 is 1.08 bits per heavy atom. The molecule has 0 bridgehead atoms. The molecule has 5 rings (SSSR count). The number of aryl methyl sites for hydroxylation is 1. The number of nitrogens with one attached hydrogen (secondary N) is 1. The van der Waals surface area contributed by atoms with E-state index in [0.717, 1.165) is 72.3 Å². The molecule has 2 aliphatic rings. The lowest BCUT2D eigenvalue weighted by atomic mass is 10.0. The minimum atomic E-state index is -0.489. The van der Waals surface area contributed by atoms with Crippen molar-refractivity contribution in [2.24, 2.45) is 0 Å². The molecule has 1 amide bonds. The average Bonchev–Trinajstić information content (AvgIpc) is 3.43. The molecule has 2 aromatic heterocycles. The van der Waals surface area contributed by atoms with E-state index in [2.05, 4.69) is 27.3 Å². The van der Waals surface area contributed by atoms with Crippen molar-refractivity contribution in [3.05, 3.63) is 51.9 Å². The largest absolute Gasteiger partial charge is 0.444 e. The summed E-state index contributed by atoms with van der Waals surface area (Å²) in [6.07, 6.45) is 6.62. The van der Waals surface area contributed by atoms with Crippen LogP contribution in [0.25, 0.3) is 11.0 Å². The van der Waals surface area contributed by atoms with Gasteiger partial charge in [-0.05, 0) is 76.8 Å². The summed E-state index contributed by atoms with van der Waals surface area (Å²) in [6.45, 7) is 12.4. The van der Waals surface area contributed by atoms with Crippen LogP contribution in [0.2, 0.25) is 0 Å².